The van der Waals surface area contributed by atoms with Crippen LogP contribution in [0.5, 0.6) is 0 Å². The Kier molecular flexibility index (Phi) is 5.50. The zero-order chi connectivity index (χ0) is 20.7. The SMILES string of the molecule is COC(=O)C1CC2CCCCC2N1C(=O)Cc1c(C)nc2nc(SC)nn2c1C. The molecule has 0 radical (unpaired) electrons. The van der Waals surface area contributed by atoms with Gasteiger partial charge in [0.15, 0.2) is 0 Å². The Labute approximate surface area is 174 Å². The van der Waals surface area contributed by atoms with Crippen molar-refractivity contribution in [3.8, 4) is 0 Å². The summed E-state index contributed by atoms with van der Waals surface area (Å²) in [7, 11) is 1.40. The fourth-order valence-electron chi connectivity index (χ4n) is 4.94. The number of fused-ring (bicyclic) bond motifs is 2. The summed E-state index contributed by atoms with van der Waals surface area (Å²) in [6.45, 7) is 3.84. The van der Waals surface area contributed by atoms with E-state index < -0.39 is 6.04 Å². The molecule has 2 aromatic rings. The molecule has 3 atom stereocenters. The molecule has 2 aliphatic rings. The van der Waals surface area contributed by atoms with Gasteiger partial charge >= 0.3 is 5.97 Å². The van der Waals surface area contributed by atoms with Gasteiger partial charge in [-0.3, -0.25) is 4.79 Å². The summed E-state index contributed by atoms with van der Waals surface area (Å²) in [5.74, 6) is 0.587. The van der Waals surface area contributed by atoms with Gasteiger partial charge in [-0.2, -0.15) is 4.98 Å². The normalized spacial score (nSPS) is 24.0. The van der Waals surface area contributed by atoms with Crippen molar-refractivity contribution in [2.24, 2.45) is 5.92 Å². The lowest BCUT2D eigenvalue weighted by atomic mass is 9.84. The molecule has 1 amide bonds. The van der Waals surface area contributed by atoms with E-state index in [0.717, 1.165) is 36.2 Å². The number of nitrogens with zero attached hydrogens (tertiary/aromatic N) is 5. The number of esters is 1. The molecule has 0 spiro atoms. The third kappa shape index (κ3) is 3.49. The summed E-state index contributed by atoms with van der Waals surface area (Å²) in [6.07, 6.45) is 7.12. The van der Waals surface area contributed by atoms with Crippen LogP contribution in [0.3, 0.4) is 0 Å². The summed E-state index contributed by atoms with van der Waals surface area (Å²) < 4.78 is 6.72. The van der Waals surface area contributed by atoms with Gasteiger partial charge in [-0.15, -0.1) is 5.10 Å². The van der Waals surface area contributed by atoms with Gasteiger partial charge in [-0.05, 0) is 45.3 Å². The van der Waals surface area contributed by atoms with Crippen LogP contribution in [0, 0.1) is 19.8 Å². The smallest absolute Gasteiger partial charge is 0.328 e. The van der Waals surface area contributed by atoms with Crippen molar-refractivity contribution in [2.75, 3.05) is 13.4 Å². The molecule has 8 nitrogen and oxygen atoms in total. The van der Waals surface area contributed by atoms with Gasteiger partial charge in [0.2, 0.25) is 11.1 Å². The second kappa shape index (κ2) is 7.93. The Morgan fingerprint density at radius 2 is 1.97 bits per heavy atom. The van der Waals surface area contributed by atoms with Gasteiger partial charge in [0.1, 0.15) is 6.04 Å². The van der Waals surface area contributed by atoms with Crippen LogP contribution in [-0.2, 0) is 20.7 Å². The van der Waals surface area contributed by atoms with Crippen LogP contribution in [0.4, 0.5) is 0 Å². The maximum Gasteiger partial charge on any atom is 0.328 e. The quantitative estimate of drug-likeness (QED) is 0.557. The lowest BCUT2D eigenvalue weighted by Gasteiger charge is -2.33. The monoisotopic (exact) mass is 417 g/mol. The zero-order valence-electron chi connectivity index (χ0n) is 17.3. The number of hydrogen-bond acceptors (Lipinski definition) is 7. The molecular weight excluding hydrogens is 390 g/mol. The minimum Gasteiger partial charge on any atom is -0.467 e. The molecular formula is C20H27N5O3S. The van der Waals surface area contributed by atoms with E-state index in [0.29, 0.717) is 23.3 Å². The van der Waals surface area contributed by atoms with Crippen molar-refractivity contribution < 1.29 is 14.3 Å². The van der Waals surface area contributed by atoms with Crippen LogP contribution >= 0.6 is 11.8 Å². The van der Waals surface area contributed by atoms with Crippen LogP contribution in [0.1, 0.15) is 49.1 Å². The van der Waals surface area contributed by atoms with Crippen LogP contribution < -0.4 is 0 Å². The first-order valence-corrected chi connectivity index (χ1v) is 11.3. The molecule has 3 unspecified atom stereocenters. The first kappa shape index (κ1) is 20.1. The van der Waals surface area contributed by atoms with E-state index in [1.807, 2.05) is 25.0 Å². The standard InChI is InChI=1S/C20H27N5O3S/c1-11-14(12(2)25-19(21-11)22-20(23-25)29-4)10-17(26)24-15-8-6-5-7-13(15)9-16(24)18(27)28-3/h13,15-16H,5-10H2,1-4H3. The van der Waals surface area contributed by atoms with Gasteiger partial charge in [0.05, 0.1) is 13.5 Å². The number of ether oxygens (including phenoxy) is 1. The van der Waals surface area contributed by atoms with E-state index in [1.54, 1.807) is 4.52 Å². The Balaban J connectivity index is 1.66. The lowest BCUT2D eigenvalue weighted by Crippen LogP contribution is -2.47. The molecule has 29 heavy (non-hydrogen) atoms. The molecule has 1 aliphatic carbocycles. The van der Waals surface area contributed by atoms with Gasteiger partial charge < -0.3 is 9.64 Å². The molecule has 9 heteroatoms. The van der Waals surface area contributed by atoms with E-state index in [4.69, 9.17) is 4.74 Å². The summed E-state index contributed by atoms with van der Waals surface area (Å²) in [5, 5.41) is 5.12. The summed E-state index contributed by atoms with van der Waals surface area (Å²) >= 11 is 1.46. The average molecular weight is 418 g/mol. The highest BCUT2D eigenvalue weighted by molar-refractivity contribution is 7.98. The molecule has 0 N–H and O–H groups in total. The predicted molar refractivity (Wildman–Crippen MR) is 109 cm³/mol. The minimum atomic E-state index is -0.479. The first-order valence-electron chi connectivity index (χ1n) is 10.1. The molecule has 156 valence electrons. The number of aromatic nitrogens is 4. The molecule has 4 rings (SSSR count). The van der Waals surface area contributed by atoms with Crippen LogP contribution in [-0.4, -0.2) is 61.8 Å². The Hall–Kier alpha value is -2.16. The number of carbonyl (C=O) groups is 2. The Bertz CT molecular complexity index is 959. The van der Waals surface area contributed by atoms with Crippen molar-refractivity contribution in [1.82, 2.24) is 24.5 Å². The molecule has 2 aromatic heterocycles. The van der Waals surface area contributed by atoms with E-state index >= 15 is 0 Å². The number of thioether (sulfide) groups is 1. The number of methoxy groups -OCH3 is 1. The number of likely N-dealkylation sites (tertiary alicyclic amines) is 1. The largest absolute Gasteiger partial charge is 0.467 e. The van der Waals surface area contributed by atoms with Crippen molar-refractivity contribution in [3.05, 3.63) is 17.0 Å². The van der Waals surface area contributed by atoms with Crippen LogP contribution in [0.2, 0.25) is 0 Å². The predicted octanol–water partition coefficient (Wildman–Crippen LogP) is 2.34. The Morgan fingerprint density at radius 3 is 2.69 bits per heavy atom. The number of amides is 1. The van der Waals surface area contributed by atoms with E-state index in [2.05, 4.69) is 15.1 Å². The zero-order valence-corrected chi connectivity index (χ0v) is 18.2. The van der Waals surface area contributed by atoms with Gasteiger partial charge in [-0.1, -0.05) is 24.6 Å². The van der Waals surface area contributed by atoms with Gasteiger partial charge in [-0.25, -0.2) is 14.3 Å². The fraction of sp³-hybridized carbons (Fsp3) is 0.650. The minimum absolute atomic E-state index is 0.0349. The molecule has 1 aliphatic heterocycles. The lowest BCUT2D eigenvalue weighted by molar-refractivity contribution is -0.152. The van der Waals surface area contributed by atoms with Crippen molar-refractivity contribution >= 4 is 29.4 Å². The second-order valence-electron chi connectivity index (χ2n) is 7.94. The average Bonchev–Trinajstić information content (AvgIpc) is 3.31. The van der Waals surface area contributed by atoms with Gasteiger partial charge in [0.25, 0.3) is 5.78 Å². The number of aryl methyl sites for hydroxylation is 2. The highest BCUT2D eigenvalue weighted by Crippen LogP contribution is 2.40. The van der Waals surface area contributed by atoms with E-state index in [-0.39, 0.29) is 24.3 Å². The third-order valence-electron chi connectivity index (χ3n) is 6.39. The van der Waals surface area contributed by atoms with Gasteiger partial charge in [0, 0.05) is 23.0 Å². The topological polar surface area (TPSA) is 89.7 Å². The molecule has 0 aromatic carbocycles. The van der Waals surface area contributed by atoms with Crippen LogP contribution in [0.15, 0.2) is 5.16 Å². The second-order valence-corrected chi connectivity index (χ2v) is 8.71. The summed E-state index contributed by atoms with van der Waals surface area (Å²) in [4.78, 5) is 36.6. The molecule has 2 fully saturated rings. The number of hydrogen-bond donors (Lipinski definition) is 0. The van der Waals surface area contributed by atoms with E-state index in [9.17, 15) is 9.59 Å². The van der Waals surface area contributed by atoms with Crippen molar-refractivity contribution in [2.45, 2.75) is 69.6 Å². The molecule has 3 heterocycles. The molecule has 1 saturated carbocycles. The summed E-state index contributed by atoms with van der Waals surface area (Å²) in [6, 6.07) is -0.348. The van der Waals surface area contributed by atoms with Crippen molar-refractivity contribution in [1.29, 1.82) is 0 Å². The molecule has 0 bridgehead atoms. The summed E-state index contributed by atoms with van der Waals surface area (Å²) in [5.41, 5.74) is 2.49. The first-order chi connectivity index (χ1) is 13.9. The highest BCUT2D eigenvalue weighted by atomic mass is 32.2. The number of carbonyl (C=O) groups excluding carboxylic acids is 2. The number of rotatable bonds is 4. The van der Waals surface area contributed by atoms with Crippen LogP contribution in [0.25, 0.3) is 5.78 Å². The van der Waals surface area contributed by atoms with Crippen molar-refractivity contribution in [3.63, 3.8) is 0 Å². The highest BCUT2D eigenvalue weighted by Gasteiger charge is 2.47. The van der Waals surface area contributed by atoms with E-state index in [1.165, 1.54) is 25.3 Å². The Morgan fingerprint density at radius 1 is 1.21 bits per heavy atom. The maximum absolute atomic E-state index is 13.4. The third-order valence-corrected chi connectivity index (χ3v) is 6.93. The maximum atomic E-state index is 13.4. The fourth-order valence-corrected chi connectivity index (χ4v) is 5.28. The molecule has 1 saturated heterocycles.